The Bertz CT molecular complexity index is 691. The van der Waals surface area contributed by atoms with Crippen LogP contribution in [0.1, 0.15) is 38.3 Å². The normalized spacial score (nSPS) is 26.8. The zero-order valence-electron chi connectivity index (χ0n) is 17.3. The van der Waals surface area contributed by atoms with Crippen LogP contribution in [0.15, 0.2) is 18.6 Å². The predicted octanol–water partition coefficient (Wildman–Crippen LogP) is 0.212. The van der Waals surface area contributed by atoms with Gasteiger partial charge < -0.3 is 30.1 Å². The monoisotopic (exact) mass is 421 g/mol. The van der Waals surface area contributed by atoms with Crippen LogP contribution in [0.25, 0.3) is 0 Å². The summed E-state index contributed by atoms with van der Waals surface area (Å²) in [5.74, 6) is -0.114. The van der Waals surface area contributed by atoms with E-state index in [1.165, 1.54) is 6.33 Å². The molecule has 1 aromatic rings. The van der Waals surface area contributed by atoms with E-state index in [0.29, 0.717) is 25.9 Å². The van der Waals surface area contributed by atoms with Gasteiger partial charge in [0, 0.05) is 12.7 Å². The van der Waals surface area contributed by atoms with Gasteiger partial charge in [-0.05, 0) is 25.3 Å². The molecule has 2 aliphatic rings. The summed E-state index contributed by atoms with van der Waals surface area (Å²) >= 11 is 0. The third-order valence-electron chi connectivity index (χ3n) is 5.29. The van der Waals surface area contributed by atoms with Crippen LogP contribution in [0.5, 0.6) is 0 Å². The second-order valence-corrected chi connectivity index (χ2v) is 7.70. The van der Waals surface area contributed by atoms with E-state index in [0.717, 1.165) is 12.1 Å². The summed E-state index contributed by atoms with van der Waals surface area (Å²) in [5, 5.41) is 15.9. The van der Waals surface area contributed by atoms with Crippen molar-refractivity contribution in [2.75, 3.05) is 26.3 Å². The van der Waals surface area contributed by atoms with Crippen LogP contribution in [-0.2, 0) is 20.8 Å². The van der Waals surface area contributed by atoms with Crippen LogP contribution in [-0.4, -0.2) is 82.6 Å². The first-order valence-corrected chi connectivity index (χ1v) is 10.5. The van der Waals surface area contributed by atoms with Crippen molar-refractivity contribution in [3.8, 4) is 0 Å². The lowest BCUT2D eigenvalue weighted by molar-refractivity contribution is -0.150. The first-order valence-electron chi connectivity index (χ1n) is 10.5. The zero-order chi connectivity index (χ0) is 21.3. The standard InChI is InChI=1S/C20H31N5O5/c1-2-6-22-20(28)25-10-15(26)11-29-12-18-17(25)4-3-16(30-18)8-19(27)23-9-14-5-7-21-13-24-14/h5,7,13,15-18,26H,2-4,6,8-12H2,1H3,(H,22,28)(H,23,27)/t15-,16-,17+,18-/m0/s1. The molecule has 3 heterocycles. The van der Waals surface area contributed by atoms with Gasteiger partial charge in [-0.1, -0.05) is 6.92 Å². The van der Waals surface area contributed by atoms with E-state index in [2.05, 4.69) is 20.6 Å². The molecular formula is C20H31N5O5. The summed E-state index contributed by atoms with van der Waals surface area (Å²) in [4.78, 5) is 34.6. The van der Waals surface area contributed by atoms with Gasteiger partial charge in [-0.15, -0.1) is 0 Å². The number of urea groups is 1. The molecule has 4 atom stereocenters. The Morgan fingerprint density at radius 2 is 2.17 bits per heavy atom. The fourth-order valence-electron chi connectivity index (χ4n) is 3.80. The minimum atomic E-state index is -0.733. The molecule has 0 radical (unpaired) electrons. The average Bonchev–Trinajstić information content (AvgIpc) is 2.74. The van der Waals surface area contributed by atoms with Crippen molar-refractivity contribution in [1.82, 2.24) is 25.5 Å². The quantitative estimate of drug-likeness (QED) is 0.599. The topological polar surface area (TPSA) is 126 Å². The van der Waals surface area contributed by atoms with E-state index in [9.17, 15) is 14.7 Å². The van der Waals surface area contributed by atoms with Gasteiger partial charge in [-0.3, -0.25) is 4.79 Å². The number of ether oxygens (including phenoxy) is 2. The Morgan fingerprint density at radius 1 is 1.30 bits per heavy atom. The van der Waals surface area contributed by atoms with Gasteiger partial charge in [-0.2, -0.15) is 0 Å². The number of aliphatic hydroxyl groups is 1. The second kappa shape index (κ2) is 11.2. The summed E-state index contributed by atoms with van der Waals surface area (Å²) in [7, 11) is 0. The van der Waals surface area contributed by atoms with Crippen molar-refractivity contribution in [3.05, 3.63) is 24.3 Å². The number of hydrogen-bond donors (Lipinski definition) is 3. The van der Waals surface area contributed by atoms with Gasteiger partial charge >= 0.3 is 6.03 Å². The number of carbonyl (C=O) groups is 2. The Labute approximate surface area is 176 Å². The lowest BCUT2D eigenvalue weighted by Gasteiger charge is -2.44. The minimum absolute atomic E-state index is 0.114. The summed E-state index contributed by atoms with van der Waals surface area (Å²) in [6, 6.07) is 1.36. The van der Waals surface area contributed by atoms with Crippen LogP contribution < -0.4 is 10.6 Å². The van der Waals surface area contributed by atoms with Crippen molar-refractivity contribution in [1.29, 1.82) is 0 Å². The number of carbonyl (C=O) groups excluding carboxylic acids is 2. The Morgan fingerprint density at radius 3 is 2.93 bits per heavy atom. The second-order valence-electron chi connectivity index (χ2n) is 7.70. The summed E-state index contributed by atoms with van der Waals surface area (Å²) < 4.78 is 11.7. The molecule has 3 amide bonds. The number of rotatable bonds is 6. The number of hydrogen-bond acceptors (Lipinski definition) is 7. The molecule has 3 N–H and O–H groups in total. The van der Waals surface area contributed by atoms with Gasteiger partial charge in [0.25, 0.3) is 0 Å². The Hall–Kier alpha value is -2.30. The van der Waals surface area contributed by atoms with Crippen molar-refractivity contribution in [2.24, 2.45) is 0 Å². The number of aliphatic hydroxyl groups excluding tert-OH is 1. The van der Waals surface area contributed by atoms with E-state index in [1.54, 1.807) is 17.2 Å². The highest BCUT2D eigenvalue weighted by atomic mass is 16.5. The largest absolute Gasteiger partial charge is 0.389 e. The van der Waals surface area contributed by atoms with Crippen LogP contribution >= 0.6 is 0 Å². The van der Waals surface area contributed by atoms with Crippen molar-refractivity contribution in [2.45, 2.75) is 63.5 Å². The molecule has 0 aliphatic carbocycles. The first kappa shape index (κ1) is 22.4. The van der Waals surface area contributed by atoms with E-state index >= 15 is 0 Å². The van der Waals surface area contributed by atoms with Crippen molar-refractivity contribution in [3.63, 3.8) is 0 Å². The summed E-state index contributed by atoms with van der Waals surface area (Å²) in [5.41, 5.74) is 0.740. The zero-order valence-corrected chi connectivity index (χ0v) is 17.3. The SMILES string of the molecule is CCCNC(=O)N1C[C@H](O)COC[C@@H]2O[C@H](CC(=O)NCc3ccncn3)CC[C@H]21. The molecule has 2 saturated heterocycles. The summed E-state index contributed by atoms with van der Waals surface area (Å²) in [6.45, 7) is 3.53. The van der Waals surface area contributed by atoms with E-state index in [-0.39, 0.29) is 56.4 Å². The molecule has 2 fully saturated rings. The molecule has 0 unspecified atom stereocenters. The van der Waals surface area contributed by atoms with Crippen molar-refractivity contribution >= 4 is 11.9 Å². The molecule has 0 bridgehead atoms. The van der Waals surface area contributed by atoms with Gasteiger partial charge in [0.15, 0.2) is 0 Å². The van der Waals surface area contributed by atoms with E-state index in [1.807, 2.05) is 6.92 Å². The highest BCUT2D eigenvalue weighted by Crippen LogP contribution is 2.27. The van der Waals surface area contributed by atoms with E-state index < -0.39 is 6.10 Å². The molecule has 166 valence electrons. The molecule has 0 saturated carbocycles. The molecule has 30 heavy (non-hydrogen) atoms. The van der Waals surface area contributed by atoms with Gasteiger partial charge in [-0.25, -0.2) is 14.8 Å². The maximum atomic E-state index is 12.6. The molecule has 0 spiro atoms. The molecule has 1 aromatic heterocycles. The highest BCUT2D eigenvalue weighted by molar-refractivity contribution is 5.76. The van der Waals surface area contributed by atoms with Crippen LogP contribution in [0.4, 0.5) is 4.79 Å². The van der Waals surface area contributed by atoms with Crippen LogP contribution in [0, 0.1) is 0 Å². The minimum Gasteiger partial charge on any atom is -0.389 e. The lowest BCUT2D eigenvalue weighted by atomic mass is 9.95. The van der Waals surface area contributed by atoms with Gasteiger partial charge in [0.2, 0.25) is 5.91 Å². The number of fused-ring (bicyclic) bond motifs is 1. The maximum Gasteiger partial charge on any atom is 0.317 e. The van der Waals surface area contributed by atoms with Crippen LogP contribution in [0.3, 0.4) is 0 Å². The third-order valence-corrected chi connectivity index (χ3v) is 5.29. The van der Waals surface area contributed by atoms with Gasteiger partial charge in [0.1, 0.15) is 12.4 Å². The fourth-order valence-corrected chi connectivity index (χ4v) is 3.80. The molecule has 10 heteroatoms. The summed E-state index contributed by atoms with van der Waals surface area (Å²) in [6.07, 6.45) is 4.17. The van der Waals surface area contributed by atoms with E-state index in [4.69, 9.17) is 9.47 Å². The lowest BCUT2D eigenvalue weighted by Crippen LogP contribution is -2.59. The fraction of sp³-hybridized carbons (Fsp3) is 0.700. The number of amides is 3. The van der Waals surface area contributed by atoms with Crippen molar-refractivity contribution < 1.29 is 24.2 Å². The average molecular weight is 421 g/mol. The van der Waals surface area contributed by atoms with Gasteiger partial charge in [0.05, 0.1) is 56.7 Å². The molecule has 10 nitrogen and oxygen atoms in total. The maximum absolute atomic E-state index is 12.6. The predicted molar refractivity (Wildman–Crippen MR) is 107 cm³/mol. The first-order chi connectivity index (χ1) is 14.6. The Kier molecular flexibility index (Phi) is 8.35. The number of aromatic nitrogens is 2. The number of nitrogens with one attached hydrogen (secondary N) is 2. The smallest absolute Gasteiger partial charge is 0.317 e. The molecule has 2 aliphatic heterocycles. The third kappa shape index (κ3) is 6.35. The Balaban J connectivity index is 1.55. The molecule has 3 rings (SSSR count). The van der Waals surface area contributed by atoms with Crippen LogP contribution in [0.2, 0.25) is 0 Å². The molecular weight excluding hydrogens is 390 g/mol. The number of β-amino-alcohol motifs (C(OH)–C–C–N with tert-alkyl or cyclic N) is 1. The highest BCUT2D eigenvalue weighted by Gasteiger charge is 2.39. The number of nitrogens with zero attached hydrogens (tertiary/aromatic N) is 3. The molecule has 0 aromatic carbocycles.